The average molecular weight is 310 g/mol. The first kappa shape index (κ1) is 15.1. The van der Waals surface area contributed by atoms with E-state index in [1.807, 2.05) is 23.6 Å². The Morgan fingerprint density at radius 1 is 1.17 bits per heavy atom. The molecule has 0 aromatic carbocycles. The molecule has 0 aliphatic heterocycles. The van der Waals surface area contributed by atoms with Gasteiger partial charge in [-0.2, -0.15) is 0 Å². The summed E-state index contributed by atoms with van der Waals surface area (Å²) in [4.78, 5) is 29.2. The summed E-state index contributed by atoms with van der Waals surface area (Å²) in [5, 5.41) is 2.92. The summed E-state index contributed by atoms with van der Waals surface area (Å²) in [5.74, 6) is 0.492. The molecule has 1 amide bonds. The van der Waals surface area contributed by atoms with Crippen LogP contribution in [0.1, 0.15) is 49.2 Å². The normalized spacial score (nSPS) is 12.5. The van der Waals surface area contributed by atoms with E-state index in [-0.39, 0.29) is 23.7 Å². The van der Waals surface area contributed by atoms with Gasteiger partial charge in [0.15, 0.2) is 5.65 Å². The lowest BCUT2D eigenvalue weighted by Gasteiger charge is -2.18. The highest BCUT2D eigenvalue weighted by molar-refractivity contribution is 5.92. The van der Waals surface area contributed by atoms with E-state index in [4.69, 9.17) is 0 Å². The number of nitrogens with one attached hydrogen (secondary N) is 1. The fourth-order valence-corrected chi connectivity index (χ4v) is 2.51. The Hall–Kier alpha value is -2.83. The minimum atomic E-state index is -0.277. The van der Waals surface area contributed by atoms with Crippen molar-refractivity contribution in [3.8, 4) is 0 Å². The van der Waals surface area contributed by atoms with Gasteiger partial charge >= 0.3 is 0 Å². The number of amides is 1. The van der Waals surface area contributed by atoms with Crippen molar-refractivity contribution >= 4 is 17.1 Å². The van der Waals surface area contributed by atoms with Gasteiger partial charge in [-0.3, -0.25) is 9.78 Å². The highest BCUT2D eigenvalue weighted by Crippen LogP contribution is 2.23. The lowest BCUT2D eigenvalue weighted by Crippen LogP contribution is -2.29. The number of pyridine rings is 1. The molecule has 1 atom stereocenters. The molecular weight excluding hydrogens is 292 g/mol. The van der Waals surface area contributed by atoms with Crippen LogP contribution < -0.4 is 5.32 Å². The molecule has 7 heteroatoms. The quantitative estimate of drug-likeness (QED) is 0.799. The predicted octanol–water partition coefficient (Wildman–Crippen LogP) is 2.29. The third kappa shape index (κ3) is 2.90. The SMILES string of the molecule is CC(NC(=O)c1cnccn1)c1nc2cccnc2n1C(C)C. The van der Waals surface area contributed by atoms with Crippen molar-refractivity contribution < 1.29 is 4.79 Å². The van der Waals surface area contributed by atoms with Crippen molar-refractivity contribution in [1.29, 1.82) is 0 Å². The average Bonchev–Trinajstić information content (AvgIpc) is 2.95. The molecule has 3 rings (SSSR count). The van der Waals surface area contributed by atoms with Gasteiger partial charge in [0.05, 0.1) is 12.2 Å². The summed E-state index contributed by atoms with van der Waals surface area (Å²) in [6.45, 7) is 6.03. The van der Waals surface area contributed by atoms with Gasteiger partial charge < -0.3 is 9.88 Å². The molecule has 1 N–H and O–H groups in total. The van der Waals surface area contributed by atoms with Crippen LogP contribution in [0.25, 0.3) is 11.2 Å². The number of aromatic nitrogens is 5. The lowest BCUT2D eigenvalue weighted by atomic mass is 10.2. The van der Waals surface area contributed by atoms with Crippen LogP contribution >= 0.6 is 0 Å². The number of carbonyl (C=O) groups excluding carboxylic acids is 1. The molecule has 7 nitrogen and oxygen atoms in total. The van der Waals surface area contributed by atoms with E-state index >= 15 is 0 Å². The number of fused-ring (bicyclic) bond motifs is 1. The van der Waals surface area contributed by atoms with Gasteiger partial charge in [0.1, 0.15) is 17.0 Å². The van der Waals surface area contributed by atoms with Crippen molar-refractivity contribution in [2.24, 2.45) is 0 Å². The Labute approximate surface area is 133 Å². The molecule has 118 valence electrons. The molecule has 0 radical (unpaired) electrons. The molecule has 0 aliphatic carbocycles. The number of carbonyl (C=O) groups is 1. The Morgan fingerprint density at radius 3 is 2.70 bits per heavy atom. The molecule has 0 fully saturated rings. The topological polar surface area (TPSA) is 85.6 Å². The van der Waals surface area contributed by atoms with Crippen molar-refractivity contribution in [1.82, 2.24) is 29.8 Å². The van der Waals surface area contributed by atoms with Crippen LogP contribution in [0.2, 0.25) is 0 Å². The van der Waals surface area contributed by atoms with E-state index < -0.39 is 0 Å². The van der Waals surface area contributed by atoms with Crippen LogP contribution in [-0.4, -0.2) is 30.4 Å². The van der Waals surface area contributed by atoms with Crippen molar-refractivity contribution in [2.75, 3.05) is 0 Å². The highest BCUT2D eigenvalue weighted by Gasteiger charge is 2.21. The van der Waals surface area contributed by atoms with E-state index in [1.165, 1.54) is 18.6 Å². The van der Waals surface area contributed by atoms with Gasteiger partial charge in [-0.15, -0.1) is 0 Å². The molecule has 0 saturated carbocycles. The summed E-state index contributed by atoms with van der Waals surface area (Å²) in [7, 11) is 0. The molecular formula is C16H18N6O. The maximum Gasteiger partial charge on any atom is 0.272 e. The summed E-state index contributed by atoms with van der Waals surface area (Å²) >= 11 is 0. The summed E-state index contributed by atoms with van der Waals surface area (Å²) in [6, 6.07) is 3.68. The van der Waals surface area contributed by atoms with E-state index in [1.54, 1.807) is 6.20 Å². The first-order valence-electron chi connectivity index (χ1n) is 7.47. The Morgan fingerprint density at radius 2 is 2.00 bits per heavy atom. The molecule has 3 aromatic rings. The third-order valence-corrected chi connectivity index (χ3v) is 3.52. The Bertz CT molecular complexity index is 827. The standard InChI is InChI=1S/C16H18N6O/c1-10(2)22-14(21-12-5-4-6-19-15(12)22)11(3)20-16(23)13-9-17-7-8-18-13/h4-11H,1-3H3,(H,20,23). The van der Waals surface area contributed by atoms with E-state index in [0.717, 1.165) is 17.0 Å². The second kappa shape index (κ2) is 6.12. The summed E-state index contributed by atoms with van der Waals surface area (Å²) in [6.07, 6.45) is 6.21. The summed E-state index contributed by atoms with van der Waals surface area (Å²) in [5.41, 5.74) is 1.92. The Kier molecular flexibility index (Phi) is 4.01. The molecule has 0 spiro atoms. The van der Waals surface area contributed by atoms with Crippen LogP contribution in [0.4, 0.5) is 0 Å². The van der Waals surface area contributed by atoms with Crippen LogP contribution in [0.5, 0.6) is 0 Å². The molecule has 1 unspecified atom stereocenters. The fourth-order valence-electron chi connectivity index (χ4n) is 2.51. The zero-order valence-corrected chi connectivity index (χ0v) is 13.3. The minimum Gasteiger partial charge on any atom is -0.341 e. The van der Waals surface area contributed by atoms with Gasteiger partial charge in [-0.05, 0) is 32.9 Å². The molecule has 23 heavy (non-hydrogen) atoms. The number of hydrogen-bond donors (Lipinski definition) is 1. The van der Waals surface area contributed by atoms with Gasteiger partial charge in [0.25, 0.3) is 5.91 Å². The smallest absolute Gasteiger partial charge is 0.272 e. The van der Waals surface area contributed by atoms with Crippen molar-refractivity contribution in [3.63, 3.8) is 0 Å². The molecule has 0 saturated heterocycles. The van der Waals surface area contributed by atoms with Gasteiger partial charge in [0, 0.05) is 24.6 Å². The van der Waals surface area contributed by atoms with Crippen LogP contribution in [0.3, 0.4) is 0 Å². The Balaban J connectivity index is 1.93. The maximum atomic E-state index is 12.3. The van der Waals surface area contributed by atoms with E-state index in [2.05, 4.69) is 39.1 Å². The molecule has 3 aromatic heterocycles. The van der Waals surface area contributed by atoms with Crippen LogP contribution in [0, 0.1) is 0 Å². The largest absolute Gasteiger partial charge is 0.341 e. The van der Waals surface area contributed by atoms with Gasteiger partial charge in [-0.1, -0.05) is 0 Å². The first-order valence-corrected chi connectivity index (χ1v) is 7.47. The fraction of sp³-hybridized carbons (Fsp3) is 0.312. The first-order chi connectivity index (χ1) is 11.1. The molecule has 0 bridgehead atoms. The maximum absolute atomic E-state index is 12.3. The second-order valence-corrected chi connectivity index (χ2v) is 5.57. The lowest BCUT2D eigenvalue weighted by molar-refractivity contribution is 0.0932. The number of rotatable bonds is 4. The number of nitrogens with zero attached hydrogens (tertiary/aromatic N) is 5. The zero-order chi connectivity index (χ0) is 16.4. The van der Waals surface area contributed by atoms with Gasteiger partial charge in [-0.25, -0.2) is 15.0 Å². The van der Waals surface area contributed by atoms with Gasteiger partial charge in [0.2, 0.25) is 0 Å². The van der Waals surface area contributed by atoms with Crippen molar-refractivity contribution in [2.45, 2.75) is 32.9 Å². The van der Waals surface area contributed by atoms with E-state index in [0.29, 0.717) is 0 Å². The molecule has 0 aliphatic rings. The highest BCUT2D eigenvalue weighted by atomic mass is 16.1. The third-order valence-electron chi connectivity index (χ3n) is 3.52. The zero-order valence-electron chi connectivity index (χ0n) is 13.3. The minimum absolute atomic E-state index is 0.181. The second-order valence-electron chi connectivity index (χ2n) is 5.57. The predicted molar refractivity (Wildman–Crippen MR) is 85.8 cm³/mol. The van der Waals surface area contributed by atoms with Crippen LogP contribution in [-0.2, 0) is 0 Å². The summed E-state index contributed by atoms with van der Waals surface area (Å²) < 4.78 is 2.04. The number of imidazole rings is 1. The molecule has 3 heterocycles. The van der Waals surface area contributed by atoms with Crippen LogP contribution in [0.15, 0.2) is 36.9 Å². The monoisotopic (exact) mass is 310 g/mol. The van der Waals surface area contributed by atoms with Crippen molar-refractivity contribution in [3.05, 3.63) is 48.4 Å². The van der Waals surface area contributed by atoms with E-state index in [9.17, 15) is 4.79 Å². The number of hydrogen-bond acceptors (Lipinski definition) is 5.